The quantitative estimate of drug-likeness (QED) is 0.328. The standard InChI is InChI=1S/C34H33NO10/c1-14-15(2)30(39)34(3)22(28(14)37)13-21-18(27(34)16-10-24(44-4)29(38)25(11-16)45-5)8-9-20-26(21)32(41)35(31(20)40)17-6-7-19(33(42)43)23(36)12-17/h6-8,10-12,20-22,26-27,36,38H,9,13H2,1-5H3,(H,42,43)/t20-,21+,22-,26-,27-,34+/m0/s1. The average molecular weight is 616 g/mol. The van der Waals surface area contributed by atoms with Crippen LogP contribution in [-0.2, 0) is 19.2 Å². The van der Waals surface area contributed by atoms with Crippen molar-refractivity contribution >= 4 is 35.0 Å². The summed E-state index contributed by atoms with van der Waals surface area (Å²) in [6, 6.07) is 6.75. The van der Waals surface area contributed by atoms with Gasteiger partial charge in [0.25, 0.3) is 0 Å². The fraction of sp³-hybridized carbons (Fsp3) is 0.382. The van der Waals surface area contributed by atoms with Gasteiger partial charge in [0.1, 0.15) is 11.3 Å². The van der Waals surface area contributed by atoms with Gasteiger partial charge >= 0.3 is 5.97 Å². The van der Waals surface area contributed by atoms with Gasteiger partial charge in [-0.1, -0.05) is 18.6 Å². The highest BCUT2D eigenvalue weighted by Crippen LogP contribution is 2.63. The maximum Gasteiger partial charge on any atom is 0.339 e. The number of imide groups is 1. The van der Waals surface area contributed by atoms with E-state index >= 15 is 0 Å². The van der Waals surface area contributed by atoms with Crippen LogP contribution < -0.4 is 14.4 Å². The van der Waals surface area contributed by atoms with Gasteiger partial charge in [0.15, 0.2) is 23.1 Å². The highest BCUT2D eigenvalue weighted by molar-refractivity contribution is 6.23. The Morgan fingerprint density at radius 2 is 1.58 bits per heavy atom. The zero-order valence-corrected chi connectivity index (χ0v) is 25.4. The van der Waals surface area contributed by atoms with Gasteiger partial charge in [0.05, 0.1) is 37.2 Å². The number of aromatic hydroxyl groups is 2. The molecule has 0 spiro atoms. The molecule has 3 N–H and O–H groups in total. The summed E-state index contributed by atoms with van der Waals surface area (Å²) >= 11 is 0. The molecule has 11 heteroatoms. The van der Waals surface area contributed by atoms with Crippen molar-refractivity contribution in [2.75, 3.05) is 19.1 Å². The lowest BCUT2D eigenvalue weighted by molar-refractivity contribution is -0.142. The number of allylic oxidation sites excluding steroid dienone is 4. The van der Waals surface area contributed by atoms with Crippen molar-refractivity contribution in [1.82, 2.24) is 0 Å². The van der Waals surface area contributed by atoms with Crippen LogP contribution in [-0.4, -0.2) is 58.9 Å². The number of amides is 2. The maximum atomic E-state index is 14.2. The van der Waals surface area contributed by atoms with Crippen molar-refractivity contribution in [2.45, 2.75) is 39.5 Å². The molecule has 45 heavy (non-hydrogen) atoms. The Morgan fingerprint density at radius 3 is 2.16 bits per heavy atom. The van der Waals surface area contributed by atoms with Gasteiger partial charge in [0.2, 0.25) is 17.6 Å². The molecule has 1 aliphatic heterocycles. The van der Waals surface area contributed by atoms with Crippen molar-refractivity contribution in [2.24, 2.45) is 29.1 Å². The first-order chi connectivity index (χ1) is 21.3. The van der Waals surface area contributed by atoms with Crippen LogP contribution in [0.1, 0.15) is 55.5 Å². The van der Waals surface area contributed by atoms with E-state index in [1.165, 1.54) is 20.3 Å². The first kappa shape index (κ1) is 30.1. The van der Waals surface area contributed by atoms with Crippen LogP contribution >= 0.6 is 0 Å². The van der Waals surface area contributed by atoms with Gasteiger partial charge in [-0.05, 0) is 73.6 Å². The topological polar surface area (TPSA) is 168 Å². The third-order valence-electron chi connectivity index (χ3n) is 10.5. The minimum absolute atomic E-state index is 0.0481. The number of carboxylic acid groups (broad SMARTS) is 1. The summed E-state index contributed by atoms with van der Waals surface area (Å²) in [4.78, 5) is 68.5. The number of ketones is 2. The van der Waals surface area contributed by atoms with Gasteiger partial charge in [-0.2, -0.15) is 0 Å². The van der Waals surface area contributed by atoms with E-state index in [4.69, 9.17) is 9.47 Å². The summed E-state index contributed by atoms with van der Waals surface area (Å²) in [6.07, 6.45) is 2.25. The largest absolute Gasteiger partial charge is 0.507 e. The molecule has 3 aliphatic carbocycles. The molecule has 2 amide bonds. The second kappa shape index (κ2) is 10.3. The van der Waals surface area contributed by atoms with Crippen LogP contribution in [0.25, 0.3) is 0 Å². The molecule has 0 aromatic heterocycles. The number of fused-ring (bicyclic) bond motifs is 4. The predicted octanol–water partition coefficient (Wildman–Crippen LogP) is 4.16. The van der Waals surface area contributed by atoms with Crippen molar-refractivity contribution in [3.8, 4) is 23.0 Å². The number of anilines is 1. The summed E-state index contributed by atoms with van der Waals surface area (Å²) < 4.78 is 10.9. The SMILES string of the molecule is COc1cc([C@H]2C3=CC[C@@H]4C(=O)N(c5ccc(C(=O)O)c(O)c5)C(=O)[C@@H]4[C@@H]3C[C@H]3C(=O)C(C)=C(C)C(=O)[C@@]23C)cc(OC)c1O. The smallest absolute Gasteiger partial charge is 0.339 e. The second-order valence-corrected chi connectivity index (χ2v) is 12.4. The van der Waals surface area contributed by atoms with E-state index < -0.39 is 58.5 Å². The van der Waals surface area contributed by atoms with E-state index in [-0.39, 0.29) is 52.9 Å². The molecule has 1 saturated carbocycles. The number of nitrogens with zero attached hydrogens (tertiary/aromatic N) is 1. The van der Waals surface area contributed by atoms with Crippen molar-refractivity contribution in [1.29, 1.82) is 0 Å². The Morgan fingerprint density at radius 1 is 0.933 bits per heavy atom. The van der Waals surface area contributed by atoms with E-state index in [1.54, 1.807) is 32.9 Å². The first-order valence-electron chi connectivity index (χ1n) is 14.6. The Hall–Kier alpha value is -4.93. The predicted molar refractivity (Wildman–Crippen MR) is 159 cm³/mol. The lowest BCUT2D eigenvalue weighted by atomic mass is 9.46. The van der Waals surface area contributed by atoms with Crippen molar-refractivity contribution in [3.63, 3.8) is 0 Å². The third-order valence-corrected chi connectivity index (χ3v) is 10.5. The van der Waals surface area contributed by atoms with Gasteiger partial charge < -0.3 is 24.8 Å². The molecule has 1 heterocycles. The van der Waals surface area contributed by atoms with Crippen LogP contribution in [0.4, 0.5) is 5.69 Å². The number of hydrogen-bond donors (Lipinski definition) is 3. The molecule has 2 aromatic rings. The molecule has 1 saturated heterocycles. The van der Waals surface area contributed by atoms with Crippen LogP contribution in [0, 0.1) is 29.1 Å². The summed E-state index contributed by atoms with van der Waals surface area (Å²) in [5, 5.41) is 30.3. The van der Waals surface area contributed by atoms with Gasteiger partial charge in [-0.15, -0.1) is 0 Å². The van der Waals surface area contributed by atoms with Gasteiger partial charge in [-0.25, -0.2) is 9.69 Å². The molecule has 0 unspecified atom stereocenters. The molecule has 11 nitrogen and oxygen atoms in total. The van der Waals surface area contributed by atoms with Gasteiger partial charge in [-0.3, -0.25) is 19.2 Å². The minimum Gasteiger partial charge on any atom is -0.507 e. The van der Waals surface area contributed by atoms with Crippen LogP contribution in [0.2, 0.25) is 0 Å². The Labute approximate surface area is 258 Å². The molecule has 0 radical (unpaired) electrons. The van der Waals surface area contributed by atoms with E-state index in [1.807, 2.05) is 6.08 Å². The number of phenolic OH excluding ortho intramolecular Hbond substituents is 1. The van der Waals surface area contributed by atoms with E-state index in [9.17, 15) is 39.3 Å². The summed E-state index contributed by atoms with van der Waals surface area (Å²) in [6.45, 7) is 5.05. The number of aromatic carboxylic acids is 1. The lowest BCUT2D eigenvalue weighted by Crippen LogP contribution is -2.55. The highest BCUT2D eigenvalue weighted by Gasteiger charge is 2.64. The number of carbonyl (C=O) groups is 5. The van der Waals surface area contributed by atoms with Crippen molar-refractivity contribution < 1.29 is 48.8 Å². The number of carbonyl (C=O) groups excluding carboxylic acids is 4. The normalized spacial score (nSPS) is 29.2. The molecule has 4 aliphatic rings. The van der Waals surface area contributed by atoms with E-state index in [0.29, 0.717) is 16.7 Å². The molecular weight excluding hydrogens is 582 g/mol. The molecule has 6 rings (SSSR count). The van der Waals surface area contributed by atoms with Crippen LogP contribution in [0.3, 0.4) is 0 Å². The van der Waals surface area contributed by atoms with Crippen LogP contribution in [0.5, 0.6) is 23.0 Å². The number of Topliss-reactive ketones (excluding diaryl/α,β-unsaturated/α-hetero) is 2. The Bertz CT molecular complexity index is 1760. The summed E-state index contributed by atoms with van der Waals surface area (Å²) in [5.41, 5.74) is 0.472. The number of phenols is 2. The molecular formula is C34H33NO10. The maximum absolute atomic E-state index is 14.2. The van der Waals surface area contributed by atoms with E-state index in [0.717, 1.165) is 22.6 Å². The van der Waals surface area contributed by atoms with E-state index in [2.05, 4.69) is 0 Å². The van der Waals surface area contributed by atoms with Gasteiger partial charge in [0, 0.05) is 17.9 Å². The Kier molecular flexibility index (Phi) is 6.91. The summed E-state index contributed by atoms with van der Waals surface area (Å²) in [7, 11) is 2.78. The molecule has 2 aromatic carbocycles. The number of methoxy groups -OCH3 is 2. The molecule has 6 atom stereocenters. The fourth-order valence-corrected chi connectivity index (χ4v) is 8.13. The zero-order chi connectivity index (χ0) is 32.7. The number of carboxylic acids is 1. The first-order valence-corrected chi connectivity index (χ1v) is 14.6. The monoisotopic (exact) mass is 615 g/mol. The van der Waals surface area contributed by atoms with Crippen molar-refractivity contribution in [3.05, 3.63) is 64.3 Å². The fourth-order valence-electron chi connectivity index (χ4n) is 8.13. The highest BCUT2D eigenvalue weighted by atomic mass is 16.5. The molecule has 0 bridgehead atoms. The number of hydrogen-bond acceptors (Lipinski definition) is 9. The van der Waals surface area contributed by atoms with Crippen LogP contribution in [0.15, 0.2) is 53.1 Å². The number of ether oxygens (including phenoxy) is 2. The molecule has 2 fully saturated rings. The zero-order valence-electron chi connectivity index (χ0n) is 25.4. The average Bonchev–Trinajstić information content (AvgIpc) is 3.27. The second-order valence-electron chi connectivity index (χ2n) is 12.4. The third kappa shape index (κ3) is 4.05. The Balaban J connectivity index is 1.51. The number of rotatable bonds is 5. The number of benzene rings is 2. The minimum atomic E-state index is -1.36. The lowest BCUT2D eigenvalue weighted by Gasteiger charge is -2.54. The molecule has 234 valence electrons. The summed E-state index contributed by atoms with van der Waals surface area (Å²) in [5.74, 6) is -7.06.